The highest BCUT2D eigenvalue weighted by molar-refractivity contribution is 6.37. The Morgan fingerprint density at radius 3 is 2.30 bits per heavy atom. The van der Waals surface area contributed by atoms with Gasteiger partial charge in [-0.3, -0.25) is 0 Å². The molecule has 0 saturated carbocycles. The molecular formula is C15H16Cl2N2O. The zero-order valence-corrected chi connectivity index (χ0v) is 13.2. The number of halogens is 2. The summed E-state index contributed by atoms with van der Waals surface area (Å²) in [6.07, 6.45) is 0.593. The Morgan fingerprint density at radius 2 is 1.75 bits per heavy atom. The second-order valence-electron chi connectivity index (χ2n) is 4.66. The summed E-state index contributed by atoms with van der Waals surface area (Å²) < 4.78 is 5.20. The lowest BCUT2D eigenvalue weighted by molar-refractivity contribution is 0.117. The Kier molecular flexibility index (Phi) is 4.97. The molecule has 0 aliphatic heterocycles. The van der Waals surface area contributed by atoms with Crippen LogP contribution in [0.1, 0.15) is 18.3 Å². The molecule has 1 unspecified atom stereocenters. The number of ether oxygens (including phenoxy) is 1. The molecule has 0 radical (unpaired) electrons. The zero-order valence-electron chi connectivity index (χ0n) is 11.7. The number of aryl methyl sites for hydroxylation is 1. The van der Waals surface area contributed by atoms with E-state index in [0.29, 0.717) is 28.1 Å². The van der Waals surface area contributed by atoms with Crippen LogP contribution in [0.5, 0.6) is 0 Å². The highest BCUT2D eigenvalue weighted by Gasteiger charge is 2.16. The minimum Gasteiger partial charge on any atom is -0.381 e. The van der Waals surface area contributed by atoms with Crippen molar-refractivity contribution in [1.82, 2.24) is 9.97 Å². The molecule has 1 atom stereocenters. The number of hydrogen-bond donors (Lipinski definition) is 0. The van der Waals surface area contributed by atoms with E-state index in [1.54, 1.807) is 7.11 Å². The summed E-state index contributed by atoms with van der Waals surface area (Å²) in [6.45, 7) is 3.95. The largest absolute Gasteiger partial charge is 0.381 e. The number of aromatic nitrogens is 2. The van der Waals surface area contributed by atoms with Gasteiger partial charge in [0.2, 0.25) is 0 Å². The molecule has 2 aromatic rings. The first-order chi connectivity index (χ1) is 9.52. The molecule has 0 amide bonds. The second kappa shape index (κ2) is 6.53. The van der Waals surface area contributed by atoms with Crippen LogP contribution < -0.4 is 0 Å². The lowest BCUT2D eigenvalue weighted by Gasteiger charge is -2.12. The summed E-state index contributed by atoms with van der Waals surface area (Å²) in [7, 11) is 1.65. The van der Waals surface area contributed by atoms with Crippen molar-refractivity contribution in [3.05, 3.63) is 46.0 Å². The van der Waals surface area contributed by atoms with Crippen LogP contribution in [-0.4, -0.2) is 23.2 Å². The van der Waals surface area contributed by atoms with Crippen LogP contribution in [-0.2, 0) is 11.2 Å². The van der Waals surface area contributed by atoms with Gasteiger partial charge in [0.25, 0.3) is 0 Å². The van der Waals surface area contributed by atoms with Gasteiger partial charge in [-0.2, -0.15) is 0 Å². The van der Waals surface area contributed by atoms with Crippen molar-refractivity contribution in [2.24, 2.45) is 0 Å². The van der Waals surface area contributed by atoms with Crippen LogP contribution in [0.15, 0.2) is 24.3 Å². The summed E-state index contributed by atoms with van der Waals surface area (Å²) in [5.74, 6) is 0.590. The fraction of sp³-hybridized carbons (Fsp3) is 0.333. The number of benzene rings is 1. The first kappa shape index (κ1) is 15.2. The number of methoxy groups -OCH3 is 1. The number of nitrogens with zero attached hydrogens (tertiary/aromatic N) is 2. The van der Waals surface area contributed by atoms with E-state index in [1.807, 2.05) is 38.1 Å². The molecule has 0 spiro atoms. The maximum absolute atomic E-state index is 6.29. The standard InChI is InChI=1S/C15H16Cl2N2O/c1-9-6-4-5-7-11(9)13-14(16)18-12(19-15(13)17)8-10(2)20-3/h4-7,10H,8H2,1-3H3. The van der Waals surface area contributed by atoms with Crippen LogP contribution in [0, 0.1) is 6.92 Å². The molecule has 0 aliphatic rings. The Hall–Kier alpha value is -1.16. The minimum atomic E-state index is 0.0199. The first-order valence-corrected chi connectivity index (χ1v) is 7.09. The van der Waals surface area contributed by atoms with E-state index in [1.165, 1.54) is 0 Å². The summed E-state index contributed by atoms with van der Waals surface area (Å²) in [4.78, 5) is 8.66. The van der Waals surface area contributed by atoms with Gasteiger partial charge in [0, 0.05) is 13.5 Å². The van der Waals surface area contributed by atoms with Crippen LogP contribution in [0.2, 0.25) is 10.3 Å². The van der Waals surface area contributed by atoms with Gasteiger partial charge in [-0.25, -0.2) is 9.97 Å². The molecule has 5 heteroatoms. The molecular weight excluding hydrogens is 295 g/mol. The van der Waals surface area contributed by atoms with Crippen molar-refractivity contribution in [3.8, 4) is 11.1 Å². The van der Waals surface area contributed by atoms with Gasteiger partial charge in [0.15, 0.2) is 0 Å². The molecule has 20 heavy (non-hydrogen) atoms. The third-order valence-electron chi connectivity index (χ3n) is 3.15. The summed E-state index contributed by atoms with van der Waals surface area (Å²) in [5.41, 5.74) is 2.71. The molecule has 1 heterocycles. The van der Waals surface area contributed by atoms with Crippen molar-refractivity contribution in [2.75, 3.05) is 7.11 Å². The summed E-state index contributed by atoms with van der Waals surface area (Å²) in [5, 5.41) is 0.746. The third kappa shape index (κ3) is 3.29. The monoisotopic (exact) mass is 310 g/mol. The Labute approximate surface area is 128 Å². The molecule has 1 aromatic carbocycles. The second-order valence-corrected chi connectivity index (χ2v) is 5.38. The molecule has 0 saturated heterocycles. The predicted molar refractivity (Wildman–Crippen MR) is 82.4 cm³/mol. The average Bonchev–Trinajstić information content (AvgIpc) is 2.40. The van der Waals surface area contributed by atoms with E-state index in [0.717, 1.165) is 11.1 Å². The van der Waals surface area contributed by atoms with Crippen molar-refractivity contribution < 1.29 is 4.74 Å². The first-order valence-electron chi connectivity index (χ1n) is 6.33. The van der Waals surface area contributed by atoms with E-state index in [-0.39, 0.29) is 6.10 Å². The van der Waals surface area contributed by atoms with E-state index in [4.69, 9.17) is 27.9 Å². The fourth-order valence-corrected chi connectivity index (χ4v) is 2.58. The maximum Gasteiger partial charge on any atom is 0.142 e. The van der Waals surface area contributed by atoms with Crippen LogP contribution in [0.4, 0.5) is 0 Å². The number of hydrogen-bond acceptors (Lipinski definition) is 3. The van der Waals surface area contributed by atoms with Crippen LogP contribution in [0.25, 0.3) is 11.1 Å². The van der Waals surface area contributed by atoms with Gasteiger partial charge < -0.3 is 4.74 Å². The van der Waals surface area contributed by atoms with Crippen LogP contribution in [0.3, 0.4) is 0 Å². The van der Waals surface area contributed by atoms with Gasteiger partial charge in [0.05, 0.1) is 11.7 Å². The smallest absolute Gasteiger partial charge is 0.142 e. The molecule has 0 N–H and O–H groups in total. The SMILES string of the molecule is COC(C)Cc1nc(Cl)c(-c2ccccc2C)c(Cl)n1. The predicted octanol–water partition coefficient (Wildman–Crippen LogP) is 4.34. The van der Waals surface area contributed by atoms with E-state index >= 15 is 0 Å². The quantitative estimate of drug-likeness (QED) is 0.788. The zero-order chi connectivity index (χ0) is 14.7. The molecule has 0 bridgehead atoms. The van der Waals surface area contributed by atoms with Gasteiger partial charge in [-0.05, 0) is 25.0 Å². The van der Waals surface area contributed by atoms with Gasteiger partial charge in [-0.15, -0.1) is 0 Å². The van der Waals surface area contributed by atoms with Gasteiger partial charge >= 0.3 is 0 Å². The molecule has 1 aromatic heterocycles. The topological polar surface area (TPSA) is 35.0 Å². The van der Waals surface area contributed by atoms with Crippen molar-refractivity contribution in [2.45, 2.75) is 26.4 Å². The maximum atomic E-state index is 6.29. The van der Waals surface area contributed by atoms with E-state index in [2.05, 4.69) is 9.97 Å². The lowest BCUT2D eigenvalue weighted by Crippen LogP contribution is -2.12. The Bertz CT molecular complexity index is 594. The molecule has 0 aliphatic carbocycles. The molecule has 0 fully saturated rings. The van der Waals surface area contributed by atoms with E-state index in [9.17, 15) is 0 Å². The highest BCUT2D eigenvalue weighted by Crippen LogP contribution is 2.34. The lowest BCUT2D eigenvalue weighted by atomic mass is 10.0. The highest BCUT2D eigenvalue weighted by atomic mass is 35.5. The third-order valence-corrected chi connectivity index (χ3v) is 3.70. The van der Waals surface area contributed by atoms with Crippen LogP contribution >= 0.6 is 23.2 Å². The van der Waals surface area contributed by atoms with Crippen molar-refractivity contribution in [3.63, 3.8) is 0 Å². The molecule has 3 nitrogen and oxygen atoms in total. The number of rotatable bonds is 4. The summed E-state index contributed by atoms with van der Waals surface area (Å²) in [6, 6.07) is 7.87. The normalized spacial score (nSPS) is 12.4. The average molecular weight is 311 g/mol. The Morgan fingerprint density at radius 1 is 1.15 bits per heavy atom. The van der Waals surface area contributed by atoms with E-state index < -0.39 is 0 Å². The van der Waals surface area contributed by atoms with Crippen molar-refractivity contribution >= 4 is 23.2 Å². The fourth-order valence-electron chi connectivity index (χ4n) is 1.96. The summed E-state index contributed by atoms with van der Waals surface area (Å²) >= 11 is 12.6. The Balaban J connectivity index is 2.44. The van der Waals surface area contributed by atoms with Crippen molar-refractivity contribution in [1.29, 1.82) is 0 Å². The molecule has 2 rings (SSSR count). The minimum absolute atomic E-state index is 0.0199. The van der Waals surface area contributed by atoms with Gasteiger partial charge in [-0.1, -0.05) is 47.5 Å². The molecule has 106 valence electrons. The van der Waals surface area contributed by atoms with Gasteiger partial charge in [0.1, 0.15) is 16.1 Å².